The van der Waals surface area contributed by atoms with Gasteiger partial charge in [-0.05, 0) is 44.7 Å². The standard InChI is InChI=1S/C18H24N2O/c1-13-9-6-7-10-15(13)20(4)16-11-8-12-17(21-5)18(16)14(2)19-3/h6-12,14,19H,1-5H3. The van der Waals surface area contributed by atoms with Gasteiger partial charge in [0.1, 0.15) is 5.75 Å². The zero-order valence-electron chi connectivity index (χ0n) is 13.5. The zero-order chi connectivity index (χ0) is 15.4. The van der Waals surface area contributed by atoms with Gasteiger partial charge in [0.25, 0.3) is 0 Å². The summed E-state index contributed by atoms with van der Waals surface area (Å²) in [6, 6.07) is 14.8. The predicted molar refractivity (Wildman–Crippen MR) is 89.7 cm³/mol. The molecule has 0 aromatic heterocycles. The zero-order valence-corrected chi connectivity index (χ0v) is 13.5. The summed E-state index contributed by atoms with van der Waals surface area (Å²) in [5.74, 6) is 0.912. The average molecular weight is 284 g/mol. The van der Waals surface area contributed by atoms with Crippen molar-refractivity contribution in [2.45, 2.75) is 19.9 Å². The van der Waals surface area contributed by atoms with Gasteiger partial charge in [-0.3, -0.25) is 0 Å². The van der Waals surface area contributed by atoms with E-state index < -0.39 is 0 Å². The fraction of sp³-hybridized carbons (Fsp3) is 0.333. The van der Waals surface area contributed by atoms with E-state index in [2.05, 4.69) is 61.4 Å². The van der Waals surface area contributed by atoms with Gasteiger partial charge >= 0.3 is 0 Å². The number of hydrogen-bond acceptors (Lipinski definition) is 3. The van der Waals surface area contributed by atoms with E-state index in [9.17, 15) is 0 Å². The van der Waals surface area contributed by atoms with Crippen LogP contribution >= 0.6 is 0 Å². The third-order valence-electron chi connectivity index (χ3n) is 3.97. The molecule has 2 aromatic rings. The Morgan fingerprint density at radius 3 is 2.33 bits per heavy atom. The molecule has 0 aliphatic rings. The van der Waals surface area contributed by atoms with Gasteiger partial charge in [0, 0.05) is 30.0 Å². The molecular weight excluding hydrogens is 260 g/mol. The van der Waals surface area contributed by atoms with Gasteiger partial charge in [-0.2, -0.15) is 0 Å². The van der Waals surface area contributed by atoms with Crippen LogP contribution in [0.2, 0.25) is 0 Å². The number of ether oxygens (including phenoxy) is 1. The molecule has 0 saturated heterocycles. The molecule has 0 radical (unpaired) electrons. The number of nitrogens with zero attached hydrogens (tertiary/aromatic N) is 1. The summed E-state index contributed by atoms with van der Waals surface area (Å²) in [5, 5.41) is 3.31. The number of benzene rings is 2. The van der Waals surface area contributed by atoms with Crippen molar-refractivity contribution < 1.29 is 4.74 Å². The number of rotatable bonds is 5. The predicted octanol–water partition coefficient (Wildman–Crippen LogP) is 4.05. The Labute approximate surface area is 127 Å². The molecule has 0 bridgehead atoms. The topological polar surface area (TPSA) is 24.5 Å². The molecule has 0 saturated carbocycles. The van der Waals surface area contributed by atoms with Crippen LogP contribution in [-0.2, 0) is 0 Å². The number of nitrogens with one attached hydrogen (secondary N) is 1. The summed E-state index contributed by atoms with van der Waals surface area (Å²) in [7, 11) is 5.79. The van der Waals surface area contributed by atoms with Crippen LogP contribution in [0, 0.1) is 6.92 Å². The fourth-order valence-corrected chi connectivity index (χ4v) is 2.65. The second-order valence-electron chi connectivity index (χ2n) is 5.25. The lowest BCUT2D eigenvalue weighted by molar-refractivity contribution is 0.404. The molecule has 3 heteroatoms. The number of para-hydroxylation sites is 1. The van der Waals surface area contributed by atoms with Crippen LogP contribution in [0.25, 0.3) is 0 Å². The lowest BCUT2D eigenvalue weighted by atomic mass is 10.0. The van der Waals surface area contributed by atoms with E-state index in [0.29, 0.717) is 0 Å². The van der Waals surface area contributed by atoms with Gasteiger partial charge in [0.05, 0.1) is 7.11 Å². The highest BCUT2D eigenvalue weighted by Crippen LogP contribution is 2.37. The summed E-state index contributed by atoms with van der Waals surface area (Å²) in [6.45, 7) is 4.28. The number of aryl methyl sites for hydroxylation is 1. The van der Waals surface area contributed by atoms with E-state index >= 15 is 0 Å². The maximum atomic E-state index is 5.56. The minimum atomic E-state index is 0.211. The summed E-state index contributed by atoms with van der Waals surface area (Å²) < 4.78 is 5.56. The molecule has 21 heavy (non-hydrogen) atoms. The minimum absolute atomic E-state index is 0.211. The molecule has 1 atom stereocenters. The summed E-state index contributed by atoms with van der Waals surface area (Å²) >= 11 is 0. The highest BCUT2D eigenvalue weighted by Gasteiger charge is 2.18. The Balaban J connectivity index is 2.55. The normalized spacial score (nSPS) is 12.0. The lowest BCUT2D eigenvalue weighted by Gasteiger charge is -2.27. The van der Waals surface area contributed by atoms with Crippen LogP contribution in [0.5, 0.6) is 5.75 Å². The highest BCUT2D eigenvalue weighted by molar-refractivity contribution is 5.71. The summed E-state index contributed by atoms with van der Waals surface area (Å²) in [4.78, 5) is 2.22. The van der Waals surface area contributed by atoms with Gasteiger partial charge in [0.15, 0.2) is 0 Å². The van der Waals surface area contributed by atoms with Crippen LogP contribution < -0.4 is 15.0 Å². The van der Waals surface area contributed by atoms with Gasteiger partial charge in [-0.1, -0.05) is 24.3 Å². The molecule has 1 unspecified atom stereocenters. The van der Waals surface area contributed by atoms with Crippen molar-refractivity contribution >= 4 is 11.4 Å². The van der Waals surface area contributed by atoms with Crippen LogP contribution in [-0.4, -0.2) is 21.2 Å². The van der Waals surface area contributed by atoms with Crippen molar-refractivity contribution in [1.82, 2.24) is 5.32 Å². The molecule has 2 aromatic carbocycles. The van der Waals surface area contributed by atoms with E-state index in [-0.39, 0.29) is 6.04 Å². The first-order valence-corrected chi connectivity index (χ1v) is 7.23. The van der Waals surface area contributed by atoms with Gasteiger partial charge in [-0.15, -0.1) is 0 Å². The third-order valence-corrected chi connectivity index (χ3v) is 3.97. The first-order valence-electron chi connectivity index (χ1n) is 7.23. The van der Waals surface area contributed by atoms with Gasteiger partial charge in [0.2, 0.25) is 0 Å². The molecule has 0 amide bonds. The largest absolute Gasteiger partial charge is 0.496 e. The van der Waals surface area contributed by atoms with E-state index in [1.807, 2.05) is 19.2 Å². The van der Waals surface area contributed by atoms with Crippen molar-refractivity contribution in [2.24, 2.45) is 0 Å². The van der Waals surface area contributed by atoms with Crippen molar-refractivity contribution in [3.8, 4) is 5.75 Å². The van der Waals surface area contributed by atoms with E-state index in [4.69, 9.17) is 4.74 Å². The number of hydrogen-bond donors (Lipinski definition) is 1. The first kappa shape index (κ1) is 15.4. The molecule has 0 heterocycles. The Kier molecular flexibility index (Phi) is 4.86. The lowest BCUT2D eigenvalue weighted by Crippen LogP contribution is -2.19. The van der Waals surface area contributed by atoms with Crippen molar-refractivity contribution in [2.75, 3.05) is 26.1 Å². The molecule has 1 N–H and O–H groups in total. The molecule has 2 rings (SSSR count). The maximum absolute atomic E-state index is 5.56. The second kappa shape index (κ2) is 6.64. The maximum Gasteiger partial charge on any atom is 0.125 e. The Hall–Kier alpha value is -2.00. The van der Waals surface area contributed by atoms with Crippen LogP contribution in [0.15, 0.2) is 42.5 Å². The molecule has 0 spiro atoms. The van der Waals surface area contributed by atoms with Crippen molar-refractivity contribution in [3.05, 3.63) is 53.6 Å². The molecule has 112 valence electrons. The molecular formula is C18H24N2O. The van der Waals surface area contributed by atoms with E-state index in [0.717, 1.165) is 11.4 Å². The van der Waals surface area contributed by atoms with Gasteiger partial charge in [-0.25, -0.2) is 0 Å². The van der Waals surface area contributed by atoms with Crippen LogP contribution in [0.3, 0.4) is 0 Å². The molecule has 0 aliphatic carbocycles. The minimum Gasteiger partial charge on any atom is -0.496 e. The van der Waals surface area contributed by atoms with Gasteiger partial charge < -0.3 is 15.0 Å². The Morgan fingerprint density at radius 2 is 1.71 bits per heavy atom. The van der Waals surface area contributed by atoms with Crippen molar-refractivity contribution in [1.29, 1.82) is 0 Å². The Bertz CT molecular complexity index is 610. The second-order valence-corrected chi connectivity index (χ2v) is 5.25. The first-order chi connectivity index (χ1) is 10.1. The van der Waals surface area contributed by atoms with Crippen molar-refractivity contribution in [3.63, 3.8) is 0 Å². The number of anilines is 2. The summed E-state index contributed by atoms with van der Waals surface area (Å²) in [6.07, 6.45) is 0. The molecule has 0 fully saturated rings. The smallest absolute Gasteiger partial charge is 0.125 e. The monoisotopic (exact) mass is 284 g/mol. The van der Waals surface area contributed by atoms with E-state index in [1.54, 1.807) is 7.11 Å². The SMILES string of the molecule is CNC(C)c1c(OC)cccc1N(C)c1ccccc1C. The fourth-order valence-electron chi connectivity index (χ4n) is 2.65. The average Bonchev–Trinajstić information content (AvgIpc) is 2.53. The van der Waals surface area contributed by atoms with Crippen LogP contribution in [0.1, 0.15) is 24.1 Å². The highest BCUT2D eigenvalue weighted by atomic mass is 16.5. The summed E-state index contributed by atoms with van der Waals surface area (Å²) in [5.41, 5.74) is 4.79. The molecule has 3 nitrogen and oxygen atoms in total. The van der Waals surface area contributed by atoms with E-state index in [1.165, 1.54) is 16.8 Å². The number of methoxy groups -OCH3 is 1. The Morgan fingerprint density at radius 1 is 1.05 bits per heavy atom. The van der Waals surface area contributed by atoms with Crippen LogP contribution in [0.4, 0.5) is 11.4 Å². The molecule has 0 aliphatic heterocycles. The quantitative estimate of drug-likeness (QED) is 0.896. The third kappa shape index (κ3) is 3.03.